The summed E-state index contributed by atoms with van der Waals surface area (Å²) < 4.78 is 27.0. The molecule has 0 fully saturated rings. The van der Waals surface area contributed by atoms with Crippen LogP contribution in [0.25, 0.3) is 6.08 Å². The highest BCUT2D eigenvalue weighted by molar-refractivity contribution is 7.87. The molecule has 0 saturated heterocycles. The Labute approximate surface area is 126 Å². The van der Waals surface area contributed by atoms with Crippen LogP contribution in [0.15, 0.2) is 36.4 Å². The van der Waals surface area contributed by atoms with Gasteiger partial charge in [-0.3, -0.25) is 4.79 Å². The molecule has 0 unspecified atom stereocenters. The molecule has 0 atom stereocenters. The van der Waals surface area contributed by atoms with Crippen LogP contribution in [-0.2, 0) is 15.0 Å². The van der Waals surface area contributed by atoms with Gasteiger partial charge in [-0.15, -0.1) is 0 Å². The summed E-state index contributed by atoms with van der Waals surface area (Å²) in [6, 6.07) is 9.72. The van der Waals surface area contributed by atoms with Crippen LogP contribution >= 0.6 is 0 Å². The van der Waals surface area contributed by atoms with Crippen LogP contribution in [0.2, 0.25) is 0 Å². The zero-order valence-electron chi connectivity index (χ0n) is 12.5. The van der Waals surface area contributed by atoms with E-state index in [0.29, 0.717) is 19.5 Å². The summed E-state index contributed by atoms with van der Waals surface area (Å²) in [6.07, 6.45) is 4.41. The highest BCUT2D eigenvalue weighted by atomic mass is 32.2. The number of hydrogen-bond donors (Lipinski definition) is 1. The number of amides is 1. The molecule has 0 spiro atoms. The monoisotopic (exact) mass is 310 g/mol. The smallest absolute Gasteiger partial charge is 0.274 e. The number of carbonyl (C=O) groups is 1. The SMILES string of the molecule is CCN(CC)S(=O)(=O)NC(=O)CCC=Cc1ccccc1. The van der Waals surface area contributed by atoms with Crippen molar-refractivity contribution in [1.82, 2.24) is 9.03 Å². The molecule has 0 heterocycles. The third-order valence-electron chi connectivity index (χ3n) is 2.94. The summed E-state index contributed by atoms with van der Waals surface area (Å²) in [7, 11) is -3.70. The Balaban J connectivity index is 2.43. The number of rotatable bonds is 8. The molecule has 1 aromatic rings. The van der Waals surface area contributed by atoms with Crippen molar-refractivity contribution in [2.75, 3.05) is 13.1 Å². The number of nitrogens with zero attached hydrogens (tertiary/aromatic N) is 1. The summed E-state index contributed by atoms with van der Waals surface area (Å²) in [5, 5.41) is 0. The molecule has 116 valence electrons. The zero-order valence-corrected chi connectivity index (χ0v) is 13.3. The molecule has 1 N–H and O–H groups in total. The van der Waals surface area contributed by atoms with E-state index < -0.39 is 16.1 Å². The lowest BCUT2D eigenvalue weighted by Gasteiger charge is -2.18. The van der Waals surface area contributed by atoms with Gasteiger partial charge in [0.05, 0.1) is 0 Å². The Kier molecular flexibility index (Phi) is 7.11. The quantitative estimate of drug-likeness (QED) is 0.800. The second-order valence-electron chi connectivity index (χ2n) is 4.47. The maximum absolute atomic E-state index is 11.8. The van der Waals surface area contributed by atoms with Gasteiger partial charge in [-0.05, 0) is 12.0 Å². The van der Waals surface area contributed by atoms with Crippen molar-refractivity contribution in [2.24, 2.45) is 0 Å². The van der Waals surface area contributed by atoms with Gasteiger partial charge in [0.25, 0.3) is 0 Å². The lowest BCUT2D eigenvalue weighted by molar-refractivity contribution is -0.119. The van der Waals surface area contributed by atoms with E-state index in [0.717, 1.165) is 5.56 Å². The summed E-state index contributed by atoms with van der Waals surface area (Å²) >= 11 is 0. The molecule has 0 aliphatic rings. The first-order chi connectivity index (χ1) is 9.99. The molecule has 1 rings (SSSR count). The van der Waals surface area contributed by atoms with Crippen LogP contribution in [0.5, 0.6) is 0 Å². The third-order valence-corrected chi connectivity index (χ3v) is 4.62. The molecule has 0 aliphatic heterocycles. The second kappa shape index (κ2) is 8.59. The molecule has 1 amide bonds. The van der Waals surface area contributed by atoms with Gasteiger partial charge in [0.2, 0.25) is 5.91 Å². The van der Waals surface area contributed by atoms with Crippen molar-refractivity contribution in [2.45, 2.75) is 26.7 Å². The average molecular weight is 310 g/mol. The van der Waals surface area contributed by atoms with Crippen LogP contribution in [0, 0.1) is 0 Å². The fourth-order valence-electron chi connectivity index (χ4n) is 1.82. The van der Waals surface area contributed by atoms with Crippen LogP contribution in [0.1, 0.15) is 32.3 Å². The standard InChI is InChI=1S/C15H22N2O3S/c1-3-17(4-2)21(19,20)16-15(18)13-9-8-12-14-10-6-5-7-11-14/h5-8,10-12H,3-4,9,13H2,1-2H3,(H,16,18). The van der Waals surface area contributed by atoms with E-state index >= 15 is 0 Å². The second-order valence-corrected chi connectivity index (χ2v) is 6.14. The summed E-state index contributed by atoms with van der Waals surface area (Å²) in [4.78, 5) is 11.7. The van der Waals surface area contributed by atoms with Gasteiger partial charge in [-0.2, -0.15) is 12.7 Å². The van der Waals surface area contributed by atoms with Crippen molar-refractivity contribution >= 4 is 22.2 Å². The third kappa shape index (κ3) is 6.10. The number of hydrogen-bond acceptors (Lipinski definition) is 3. The number of allylic oxidation sites excluding steroid dienone is 1. The normalized spacial score (nSPS) is 12.0. The minimum absolute atomic E-state index is 0.143. The lowest BCUT2D eigenvalue weighted by Crippen LogP contribution is -2.43. The Morgan fingerprint density at radius 1 is 1.19 bits per heavy atom. The van der Waals surface area contributed by atoms with E-state index in [4.69, 9.17) is 0 Å². The number of nitrogens with one attached hydrogen (secondary N) is 1. The number of carbonyl (C=O) groups excluding carboxylic acids is 1. The molecule has 5 nitrogen and oxygen atoms in total. The van der Waals surface area contributed by atoms with Gasteiger partial charge in [0, 0.05) is 19.5 Å². The Hall–Kier alpha value is -1.66. The molecule has 0 radical (unpaired) electrons. The molecule has 0 bridgehead atoms. The van der Waals surface area contributed by atoms with Gasteiger partial charge in [-0.1, -0.05) is 56.3 Å². The van der Waals surface area contributed by atoms with E-state index in [2.05, 4.69) is 4.72 Å². The fourth-order valence-corrected chi connectivity index (χ4v) is 3.02. The predicted molar refractivity (Wildman–Crippen MR) is 84.7 cm³/mol. The highest BCUT2D eigenvalue weighted by Crippen LogP contribution is 2.04. The fraction of sp³-hybridized carbons (Fsp3) is 0.400. The van der Waals surface area contributed by atoms with Crippen LogP contribution < -0.4 is 4.72 Å². The molecular weight excluding hydrogens is 288 g/mol. The van der Waals surface area contributed by atoms with Crippen molar-refractivity contribution in [3.8, 4) is 0 Å². The van der Waals surface area contributed by atoms with Gasteiger partial charge in [0.1, 0.15) is 0 Å². The molecule has 1 aromatic carbocycles. The first-order valence-corrected chi connectivity index (χ1v) is 8.46. The Morgan fingerprint density at radius 2 is 1.81 bits per heavy atom. The van der Waals surface area contributed by atoms with Crippen LogP contribution in [-0.4, -0.2) is 31.7 Å². The largest absolute Gasteiger partial charge is 0.303 e. The van der Waals surface area contributed by atoms with Crippen molar-refractivity contribution in [3.63, 3.8) is 0 Å². The van der Waals surface area contributed by atoms with Gasteiger partial charge >= 0.3 is 10.2 Å². The maximum Gasteiger partial charge on any atom is 0.303 e. The van der Waals surface area contributed by atoms with Gasteiger partial charge in [-0.25, -0.2) is 4.72 Å². The first-order valence-electron chi connectivity index (χ1n) is 7.02. The molecule has 0 saturated carbocycles. The molecule has 6 heteroatoms. The number of benzene rings is 1. The Morgan fingerprint density at radius 3 is 2.38 bits per heavy atom. The first kappa shape index (κ1) is 17.4. The van der Waals surface area contributed by atoms with Gasteiger partial charge in [0.15, 0.2) is 0 Å². The molecule has 0 aliphatic carbocycles. The summed E-state index contributed by atoms with van der Waals surface area (Å²) in [6.45, 7) is 4.14. The van der Waals surface area contributed by atoms with Crippen molar-refractivity contribution in [1.29, 1.82) is 0 Å². The lowest BCUT2D eigenvalue weighted by atomic mass is 10.2. The van der Waals surface area contributed by atoms with E-state index in [1.54, 1.807) is 13.8 Å². The molecule has 21 heavy (non-hydrogen) atoms. The van der Waals surface area contributed by atoms with E-state index in [1.807, 2.05) is 42.5 Å². The minimum atomic E-state index is -3.70. The van der Waals surface area contributed by atoms with Crippen LogP contribution in [0.3, 0.4) is 0 Å². The van der Waals surface area contributed by atoms with Crippen LogP contribution in [0.4, 0.5) is 0 Å². The van der Waals surface area contributed by atoms with E-state index in [9.17, 15) is 13.2 Å². The summed E-state index contributed by atoms with van der Waals surface area (Å²) in [5.41, 5.74) is 1.05. The topological polar surface area (TPSA) is 66.5 Å². The maximum atomic E-state index is 11.8. The van der Waals surface area contributed by atoms with Gasteiger partial charge < -0.3 is 0 Å². The molecule has 0 aromatic heterocycles. The molecular formula is C15H22N2O3S. The van der Waals surface area contributed by atoms with Crippen molar-refractivity contribution < 1.29 is 13.2 Å². The zero-order chi connectivity index (χ0) is 15.7. The average Bonchev–Trinajstić information content (AvgIpc) is 2.45. The van der Waals surface area contributed by atoms with Crippen molar-refractivity contribution in [3.05, 3.63) is 42.0 Å². The highest BCUT2D eigenvalue weighted by Gasteiger charge is 2.20. The minimum Gasteiger partial charge on any atom is -0.274 e. The summed E-state index contributed by atoms with van der Waals surface area (Å²) in [5.74, 6) is -0.486. The van der Waals surface area contributed by atoms with E-state index in [-0.39, 0.29) is 6.42 Å². The van der Waals surface area contributed by atoms with E-state index in [1.165, 1.54) is 4.31 Å². The Bertz CT molecular complexity index is 564. The predicted octanol–water partition coefficient (Wildman–Crippen LogP) is 2.18.